The Hall–Kier alpha value is -6.66. The molecule has 9 nitrogen and oxygen atoms in total. The largest absolute Gasteiger partial charge is 0.493 e. The summed E-state index contributed by atoms with van der Waals surface area (Å²) in [5, 5.41) is 11.2. The Balaban J connectivity index is 1.42. The van der Waals surface area contributed by atoms with Gasteiger partial charge in [0.25, 0.3) is 11.8 Å². The highest BCUT2D eigenvalue weighted by Crippen LogP contribution is 2.49. The molecule has 0 fully saturated rings. The minimum atomic E-state index is -4.58. The summed E-state index contributed by atoms with van der Waals surface area (Å²) in [6.45, 7) is 6.97. The van der Waals surface area contributed by atoms with E-state index >= 15 is 9.59 Å². The van der Waals surface area contributed by atoms with Crippen molar-refractivity contribution < 1.29 is 46.6 Å². The number of hydrogen-bond acceptors (Lipinski definition) is 7. The zero-order chi connectivity index (χ0) is 42.6. The standard InChI is InChI=1S/C48H43F3N2O7/c1-4-9-43(59-31(3)55)45-44(40-28-38(58-25-8-24-54)20-22-41(40)53(45)47(57)36-19-18-32-10-5-6-11-34(32)26-36)52(46(56)33-16-14-30(2)15-17-33)29-39-21-23-42(60-39)35-12-7-13-37(27-35)48(49,50)51/h4-7,10-23,26-28,43-45,54H,1,8-9,24-25,29H2,2-3H3/t43?,44-,45+/m0/s1. The van der Waals surface area contributed by atoms with Crippen LogP contribution < -0.4 is 9.64 Å². The average molecular weight is 817 g/mol. The lowest BCUT2D eigenvalue weighted by Gasteiger charge is -2.39. The first-order valence-electron chi connectivity index (χ1n) is 19.5. The van der Waals surface area contributed by atoms with Gasteiger partial charge in [-0.3, -0.25) is 19.3 Å². The molecule has 0 saturated heterocycles. The summed E-state index contributed by atoms with van der Waals surface area (Å²) >= 11 is 0. The van der Waals surface area contributed by atoms with Gasteiger partial charge in [-0.2, -0.15) is 13.2 Å². The van der Waals surface area contributed by atoms with Crippen LogP contribution in [0.1, 0.15) is 69.0 Å². The molecule has 0 radical (unpaired) electrons. The molecule has 5 aromatic carbocycles. The van der Waals surface area contributed by atoms with E-state index in [2.05, 4.69) is 6.58 Å². The molecule has 0 bridgehead atoms. The Morgan fingerprint density at radius 1 is 0.900 bits per heavy atom. The fourth-order valence-electron chi connectivity index (χ4n) is 7.67. The van der Waals surface area contributed by atoms with E-state index < -0.39 is 47.7 Å². The summed E-state index contributed by atoms with van der Waals surface area (Å²) in [5.41, 5.74) is 1.86. The number of nitrogens with zero attached hydrogens (tertiary/aromatic N) is 2. The molecule has 0 aliphatic carbocycles. The summed E-state index contributed by atoms with van der Waals surface area (Å²) in [4.78, 5) is 46.2. The molecule has 12 heteroatoms. The predicted octanol–water partition coefficient (Wildman–Crippen LogP) is 10.1. The lowest BCUT2D eigenvalue weighted by Crippen LogP contribution is -2.52. The molecule has 2 amide bonds. The van der Waals surface area contributed by atoms with Crippen LogP contribution in [0.2, 0.25) is 0 Å². The lowest BCUT2D eigenvalue weighted by molar-refractivity contribution is -0.148. The minimum Gasteiger partial charge on any atom is -0.493 e. The first-order valence-corrected chi connectivity index (χ1v) is 19.5. The second kappa shape index (κ2) is 17.7. The van der Waals surface area contributed by atoms with Gasteiger partial charge in [0, 0.05) is 48.6 Å². The smallest absolute Gasteiger partial charge is 0.416 e. The average Bonchev–Trinajstić information content (AvgIpc) is 3.84. The minimum absolute atomic E-state index is 0.0975. The van der Waals surface area contributed by atoms with Crippen LogP contribution >= 0.6 is 0 Å². The van der Waals surface area contributed by atoms with Crippen LogP contribution in [0.3, 0.4) is 0 Å². The molecule has 3 atom stereocenters. The third-order valence-corrected chi connectivity index (χ3v) is 10.4. The number of hydrogen-bond donors (Lipinski definition) is 1. The summed E-state index contributed by atoms with van der Waals surface area (Å²) in [5.74, 6) is -0.691. The van der Waals surface area contributed by atoms with E-state index in [4.69, 9.17) is 13.9 Å². The van der Waals surface area contributed by atoms with Gasteiger partial charge in [-0.05, 0) is 84.4 Å². The molecule has 0 spiro atoms. The van der Waals surface area contributed by atoms with Gasteiger partial charge in [-0.1, -0.05) is 66.2 Å². The first kappa shape index (κ1) is 41.5. The number of carbonyl (C=O) groups excluding carboxylic acids is 3. The summed E-state index contributed by atoms with van der Waals surface area (Å²) in [6.07, 6.45) is -3.56. The maximum atomic E-state index is 15.1. The molecule has 1 N–H and O–H groups in total. The van der Waals surface area contributed by atoms with Gasteiger partial charge in [0.15, 0.2) is 0 Å². The van der Waals surface area contributed by atoms with E-state index in [1.54, 1.807) is 77.7 Å². The molecule has 0 saturated carbocycles. The van der Waals surface area contributed by atoms with Crippen molar-refractivity contribution in [3.05, 3.63) is 168 Å². The Kier molecular flexibility index (Phi) is 12.2. The quantitative estimate of drug-likeness (QED) is 0.0662. The third kappa shape index (κ3) is 8.84. The highest BCUT2D eigenvalue weighted by Gasteiger charge is 2.51. The van der Waals surface area contributed by atoms with Gasteiger partial charge in [-0.15, -0.1) is 6.58 Å². The fraction of sp³-hybridized carbons (Fsp3) is 0.229. The maximum Gasteiger partial charge on any atom is 0.416 e. The number of rotatable bonds is 14. The zero-order valence-electron chi connectivity index (χ0n) is 33.0. The van der Waals surface area contributed by atoms with Crippen molar-refractivity contribution in [1.29, 1.82) is 0 Å². The van der Waals surface area contributed by atoms with Crippen molar-refractivity contribution in [2.45, 2.75) is 57.6 Å². The van der Waals surface area contributed by atoms with Gasteiger partial charge in [0.1, 0.15) is 23.4 Å². The maximum absolute atomic E-state index is 15.1. The third-order valence-electron chi connectivity index (χ3n) is 10.4. The molecular formula is C48H43F3N2O7. The Morgan fingerprint density at radius 2 is 1.65 bits per heavy atom. The number of aliphatic hydroxyl groups is 1. The molecule has 1 unspecified atom stereocenters. The monoisotopic (exact) mass is 816 g/mol. The van der Waals surface area contributed by atoms with E-state index in [1.165, 1.54) is 24.0 Å². The Labute approximate surface area is 345 Å². The van der Waals surface area contributed by atoms with Crippen LogP contribution in [0.5, 0.6) is 5.75 Å². The number of carbonyl (C=O) groups is 3. The van der Waals surface area contributed by atoms with Gasteiger partial charge < -0.3 is 23.9 Å². The van der Waals surface area contributed by atoms with Crippen LogP contribution in [0.4, 0.5) is 18.9 Å². The SMILES string of the molecule is C=CCC(OC(C)=O)[C@@H]1[C@@H](N(Cc2ccc(-c3cccc(C(F)(F)F)c3)o2)C(=O)c2ccc(C)cc2)c2cc(OCCCO)ccc2N1C(=O)c1ccc2ccccc2c1. The molecule has 60 heavy (non-hydrogen) atoms. The second-order valence-electron chi connectivity index (χ2n) is 14.6. The van der Waals surface area contributed by atoms with Crippen molar-refractivity contribution in [1.82, 2.24) is 4.90 Å². The molecule has 1 aromatic heterocycles. The topological polar surface area (TPSA) is 110 Å². The number of ether oxygens (including phenoxy) is 2. The van der Waals surface area contributed by atoms with Crippen LogP contribution in [0, 0.1) is 6.92 Å². The lowest BCUT2D eigenvalue weighted by atomic mass is 9.93. The number of anilines is 1. The van der Waals surface area contributed by atoms with Gasteiger partial charge in [0.05, 0.1) is 36.5 Å². The number of benzene rings is 5. The molecule has 1 aliphatic rings. The van der Waals surface area contributed by atoms with Crippen LogP contribution in [-0.2, 0) is 22.3 Å². The number of furan rings is 1. The fourth-order valence-corrected chi connectivity index (χ4v) is 7.67. The van der Waals surface area contributed by atoms with Crippen LogP contribution in [0.25, 0.3) is 22.1 Å². The van der Waals surface area contributed by atoms with E-state index in [0.29, 0.717) is 34.5 Å². The molecule has 308 valence electrons. The van der Waals surface area contributed by atoms with E-state index in [-0.39, 0.29) is 43.3 Å². The Morgan fingerprint density at radius 3 is 2.37 bits per heavy atom. The number of fused-ring (bicyclic) bond motifs is 2. The van der Waals surface area contributed by atoms with E-state index in [1.807, 2.05) is 37.3 Å². The van der Waals surface area contributed by atoms with Crippen molar-refractivity contribution >= 4 is 34.2 Å². The van der Waals surface area contributed by atoms with Gasteiger partial charge >= 0.3 is 12.1 Å². The molecule has 2 heterocycles. The highest BCUT2D eigenvalue weighted by atomic mass is 19.4. The number of esters is 1. The van der Waals surface area contributed by atoms with Crippen molar-refractivity contribution in [2.24, 2.45) is 0 Å². The predicted molar refractivity (Wildman–Crippen MR) is 221 cm³/mol. The normalized spacial score (nSPS) is 15.3. The Bertz CT molecular complexity index is 2530. The van der Waals surface area contributed by atoms with Crippen molar-refractivity contribution in [2.75, 3.05) is 18.1 Å². The van der Waals surface area contributed by atoms with Crippen LogP contribution in [0.15, 0.2) is 138 Å². The highest BCUT2D eigenvalue weighted by molar-refractivity contribution is 6.10. The number of amides is 2. The van der Waals surface area contributed by atoms with Crippen molar-refractivity contribution in [3.8, 4) is 17.1 Å². The zero-order valence-corrected chi connectivity index (χ0v) is 33.0. The molecule has 6 aromatic rings. The summed E-state index contributed by atoms with van der Waals surface area (Å²) < 4.78 is 59.3. The number of halogens is 3. The van der Waals surface area contributed by atoms with E-state index in [9.17, 15) is 23.1 Å². The van der Waals surface area contributed by atoms with Gasteiger partial charge in [0.2, 0.25) is 0 Å². The molecule has 1 aliphatic heterocycles. The summed E-state index contributed by atoms with van der Waals surface area (Å²) in [7, 11) is 0. The van der Waals surface area contributed by atoms with Gasteiger partial charge in [-0.25, -0.2) is 0 Å². The molecule has 7 rings (SSSR count). The number of aliphatic hydroxyl groups excluding tert-OH is 1. The number of alkyl halides is 3. The van der Waals surface area contributed by atoms with Crippen molar-refractivity contribution in [3.63, 3.8) is 0 Å². The van der Waals surface area contributed by atoms with E-state index in [0.717, 1.165) is 28.5 Å². The first-order chi connectivity index (χ1) is 28.9. The number of aryl methyl sites for hydroxylation is 1. The molecular weight excluding hydrogens is 774 g/mol. The van der Waals surface area contributed by atoms with Crippen LogP contribution in [-0.4, -0.2) is 53.1 Å². The summed E-state index contributed by atoms with van der Waals surface area (Å²) in [6, 6.07) is 31.0. The second-order valence-corrected chi connectivity index (χ2v) is 14.6.